The number of carbonyl (C=O) groups excluding carboxylic acids is 1. The topological polar surface area (TPSA) is 140 Å². The number of rotatable bonds is 6. The van der Waals surface area contributed by atoms with Crippen molar-refractivity contribution in [3.63, 3.8) is 0 Å². The molecule has 190 valence electrons. The summed E-state index contributed by atoms with van der Waals surface area (Å²) in [4.78, 5) is 12.4. The largest absolute Gasteiger partial charge is 1.00 e. The number of methoxy groups -OCH3 is 1. The van der Waals surface area contributed by atoms with Gasteiger partial charge in [0, 0.05) is 22.7 Å². The summed E-state index contributed by atoms with van der Waals surface area (Å²) in [6.07, 6.45) is 0. The number of anilines is 1. The van der Waals surface area contributed by atoms with Gasteiger partial charge in [0.05, 0.1) is 22.8 Å². The van der Waals surface area contributed by atoms with Gasteiger partial charge >= 0.3 is 29.6 Å². The van der Waals surface area contributed by atoms with Crippen LogP contribution in [0.2, 0.25) is 10.0 Å². The number of hydrogen-bond donors (Lipinski definition) is 2. The zero-order valence-electron chi connectivity index (χ0n) is 20.3. The molecule has 0 saturated heterocycles. The van der Waals surface area contributed by atoms with E-state index in [0.717, 1.165) is 0 Å². The van der Waals surface area contributed by atoms with Gasteiger partial charge in [-0.2, -0.15) is 13.5 Å². The second-order valence-electron chi connectivity index (χ2n) is 7.85. The molecule has 0 fully saturated rings. The Kier molecular flexibility index (Phi) is 9.43. The summed E-state index contributed by atoms with van der Waals surface area (Å²) < 4.78 is 38.7. The summed E-state index contributed by atoms with van der Waals surface area (Å²) in [6, 6.07) is 15.5. The average Bonchev–Trinajstić information content (AvgIpc) is 2.85. The molecule has 0 unspecified atom stereocenters. The third-order valence-electron chi connectivity index (χ3n) is 5.41. The molecule has 0 atom stereocenters. The molecule has 0 radical (unpaired) electrons. The molecule has 1 amide bonds. The van der Waals surface area contributed by atoms with E-state index in [9.17, 15) is 22.9 Å². The van der Waals surface area contributed by atoms with Crippen LogP contribution < -0.4 is 44.7 Å². The first-order valence-electron chi connectivity index (χ1n) is 10.6. The number of benzene rings is 4. The number of nitrogens with zero attached hydrogens (tertiary/aromatic N) is 2. The Morgan fingerprint density at radius 2 is 1.76 bits per heavy atom. The molecule has 9 nitrogen and oxygen atoms in total. The number of aryl methyl sites for hydroxylation is 1. The molecule has 2 N–H and O–H groups in total. The van der Waals surface area contributed by atoms with E-state index < -0.39 is 26.7 Å². The molecule has 4 aromatic carbocycles. The van der Waals surface area contributed by atoms with Gasteiger partial charge in [-0.05, 0) is 42.1 Å². The van der Waals surface area contributed by atoms with E-state index in [1.807, 2.05) is 0 Å². The van der Waals surface area contributed by atoms with Crippen molar-refractivity contribution < 1.29 is 57.2 Å². The molecule has 38 heavy (non-hydrogen) atoms. The van der Waals surface area contributed by atoms with E-state index in [1.165, 1.54) is 37.4 Å². The number of halogens is 2. The third kappa shape index (κ3) is 6.13. The van der Waals surface area contributed by atoms with Crippen LogP contribution in [0.5, 0.6) is 11.5 Å². The summed E-state index contributed by atoms with van der Waals surface area (Å²) in [7, 11) is -3.33. The van der Waals surface area contributed by atoms with Crippen LogP contribution in [0.15, 0.2) is 75.8 Å². The quantitative estimate of drug-likeness (QED) is 0.203. The van der Waals surface area contributed by atoms with Crippen LogP contribution in [0.1, 0.15) is 15.9 Å². The monoisotopic (exact) mass is 581 g/mol. The van der Waals surface area contributed by atoms with E-state index >= 15 is 0 Å². The standard InChI is InChI=1S/C25H19Cl2N3O6S.Na/c1-13-7-10-19(24(21(13)27)37(33,34)35)29-30-22-16-6-4-3-5-14(16)11-17(23(22)31)25(32)28-15-8-9-18(26)20(12-15)36-2;/h3-12,31H,1-2H3,(H,28,32)(H,33,34,35);/q;+1/p-1. The summed E-state index contributed by atoms with van der Waals surface area (Å²) in [5.74, 6) is -1.12. The van der Waals surface area contributed by atoms with Crippen molar-refractivity contribution in [2.45, 2.75) is 11.8 Å². The third-order valence-corrected chi connectivity index (χ3v) is 7.25. The maximum absolute atomic E-state index is 13.4. The van der Waals surface area contributed by atoms with Gasteiger partial charge in [-0.15, -0.1) is 5.11 Å². The Bertz CT molecular complexity index is 1700. The maximum atomic E-state index is 13.4. The minimum absolute atomic E-state index is 0. The number of carbonyl (C=O) groups is 1. The molecule has 4 aromatic rings. The van der Waals surface area contributed by atoms with Crippen LogP contribution in [0.4, 0.5) is 17.1 Å². The van der Waals surface area contributed by atoms with Crippen molar-refractivity contribution in [2.24, 2.45) is 10.2 Å². The smallest absolute Gasteiger partial charge is 0.870 e. The molecule has 13 heteroatoms. The molecular formula is C25H18Cl2N3NaO6S. The molecule has 4 rings (SSSR count). The Labute approximate surface area is 250 Å². The van der Waals surface area contributed by atoms with Crippen LogP contribution in [-0.2, 0) is 10.1 Å². The normalized spacial score (nSPS) is 11.4. The van der Waals surface area contributed by atoms with E-state index in [0.29, 0.717) is 32.8 Å². The van der Waals surface area contributed by atoms with Crippen LogP contribution in [0.3, 0.4) is 0 Å². The van der Waals surface area contributed by atoms with E-state index in [-0.39, 0.29) is 51.5 Å². The van der Waals surface area contributed by atoms with Gasteiger partial charge in [0.2, 0.25) is 0 Å². The van der Waals surface area contributed by atoms with Gasteiger partial charge in [-0.25, -0.2) is 0 Å². The van der Waals surface area contributed by atoms with Gasteiger partial charge in [0.1, 0.15) is 16.3 Å². The van der Waals surface area contributed by atoms with Gasteiger partial charge in [0.15, 0.2) is 0 Å². The number of amides is 1. The average molecular weight is 582 g/mol. The number of nitrogens with one attached hydrogen (secondary N) is 1. The SMILES string of the molecule is COc1cc(NC(=O)c2cc3ccccc3c(N=Nc3ccc(C)c(Cl)c3S(=O)(=O)O)c2[O-])ccc1Cl.[Na+]. The van der Waals surface area contributed by atoms with Crippen LogP contribution in [0.25, 0.3) is 10.8 Å². The second kappa shape index (κ2) is 12.0. The summed E-state index contributed by atoms with van der Waals surface area (Å²) in [5, 5.41) is 24.9. The fourth-order valence-corrected chi connectivity index (χ4v) is 4.99. The Balaban J connectivity index is 0.00000400. The molecule has 0 aliphatic rings. The summed E-state index contributed by atoms with van der Waals surface area (Å²) >= 11 is 12.1. The van der Waals surface area contributed by atoms with Crippen LogP contribution in [-0.4, -0.2) is 26.0 Å². The molecule has 0 bridgehead atoms. The van der Waals surface area contributed by atoms with E-state index in [1.54, 1.807) is 37.3 Å². The first kappa shape index (κ1) is 29.9. The summed E-state index contributed by atoms with van der Waals surface area (Å²) in [5.41, 5.74) is 0.0351. The predicted molar refractivity (Wildman–Crippen MR) is 140 cm³/mol. The number of ether oxygens (including phenoxy) is 1. The molecule has 0 aliphatic heterocycles. The van der Waals surface area contributed by atoms with E-state index in [4.69, 9.17) is 27.9 Å². The van der Waals surface area contributed by atoms with Crippen LogP contribution in [0, 0.1) is 6.92 Å². The Morgan fingerprint density at radius 3 is 2.45 bits per heavy atom. The first-order chi connectivity index (χ1) is 17.5. The molecular weight excluding hydrogens is 564 g/mol. The van der Waals surface area contributed by atoms with Crippen molar-refractivity contribution in [2.75, 3.05) is 12.4 Å². The minimum Gasteiger partial charge on any atom is -0.870 e. The minimum atomic E-state index is -4.76. The maximum Gasteiger partial charge on any atom is 1.00 e. The zero-order valence-corrected chi connectivity index (χ0v) is 24.6. The summed E-state index contributed by atoms with van der Waals surface area (Å²) in [6.45, 7) is 1.56. The molecule has 0 aromatic heterocycles. The van der Waals surface area contributed by atoms with Crippen molar-refractivity contribution >= 4 is 67.1 Å². The Morgan fingerprint density at radius 1 is 1.05 bits per heavy atom. The van der Waals surface area contributed by atoms with Crippen molar-refractivity contribution in [3.8, 4) is 11.5 Å². The fraction of sp³-hybridized carbons (Fsp3) is 0.0800. The Hall–Kier alpha value is -2.70. The zero-order chi connectivity index (χ0) is 26.9. The van der Waals surface area contributed by atoms with Crippen molar-refractivity contribution in [3.05, 3.63) is 81.8 Å². The number of hydrogen-bond acceptors (Lipinski definition) is 7. The number of fused-ring (bicyclic) bond motifs is 1. The van der Waals surface area contributed by atoms with Gasteiger partial charge in [0.25, 0.3) is 16.0 Å². The molecule has 0 heterocycles. The fourth-order valence-electron chi connectivity index (χ4n) is 3.59. The van der Waals surface area contributed by atoms with Crippen molar-refractivity contribution in [1.29, 1.82) is 0 Å². The van der Waals surface area contributed by atoms with Gasteiger partial charge in [-0.3, -0.25) is 9.35 Å². The van der Waals surface area contributed by atoms with Gasteiger partial charge < -0.3 is 15.2 Å². The number of azo groups is 1. The van der Waals surface area contributed by atoms with Crippen LogP contribution >= 0.6 is 23.2 Å². The second-order valence-corrected chi connectivity index (χ2v) is 9.99. The van der Waals surface area contributed by atoms with Gasteiger partial charge in [-0.1, -0.05) is 59.3 Å². The first-order valence-corrected chi connectivity index (χ1v) is 12.8. The van der Waals surface area contributed by atoms with Crippen molar-refractivity contribution in [1.82, 2.24) is 0 Å². The molecule has 0 saturated carbocycles. The molecule has 0 spiro atoms. The van der Waals surface area contributed by atoms with E-state index in [2.05, 4.69) is 15.5 Å². The molecule has 0 aliphatic carbocycles. The predicted octanol–water partition coefficient (Wildman–Crippen LogP) is 3.46.